The first kappa shape index (κ1) is 23.4. The molecule has 0 radical (unpaired) electrons. The summed E-state index contributed by atoms with van der Waals surface area (Å²) in [6, 6.07) is 11.8. The minimum Gasteiger partial charge on any atom is -0.381 e. The van der Waals surface area contributed by atoms with Crippen molar-refractivity contribution >= 4 is 29.9 Å². The van der Waals surface area contributed by atoms with Crippen molar-refractivity contribution in [1.82, 2.24) is 15.5 Å². The van der Waals surface area contributed by atoms with Crippen LogP contribution in [0.3, 0.4) is 0 Å². The fourth-order valence-electron chi connectivity index (χ4n) is 3.71. The van der Waals surface area contributed by atoms with Gasteiger partial charge in [-0.25, -0.2) is 0 Å². The molecule has 1 aliphatic heterocycles. The summed E-state index contributed by atoms with van der Waals surface area (Å²) in [5, 5.41) is 7.04. The third-order valence-corrected chi connectivity index (χ3v) is 5.62. The Balaban J connectivity index is 0.00000280. The summed E-state index contributed by atoms with van der Waals surface area (Å²) < 4.78 is 5.69. The van der Waals surface area contributed by atoms with Crippen molar-refractivity contribution in [2.24, 2.45) is 10.9 Å². The molecule has 1 aromatic carbocycles. The molecule has 1 saturated heterocycles. The van der Waals surface area contributed by atoms with Crippen molar-refractivity contribution in [3.05, 3.63) is 35.9 Å². The van der Waals surface area contributed by atoms with Crippen LogP contribution in [0.4, 0.5) is 0 Å². The maximum Gasteiger partial charge on any atom is 0.191 e. The Labute approximate surface area is 187 Å². The maximum atomic E-state index is 5.69. The average Bonchev–Trinajstić information content (AvgIpc) is 3.51. The second-order valence-electron chi connectivity index (χ2n) is 8.04. The van der Waals surface area contributed by atoms with E-state index >= 15 is 0 Å². The zero-order valence-corrected chi connectivity index (χ0v) is 19.7. The molecule has 0 spiro atoms. The van der Waals surface area contributed by atoms with E-state index in [1.165, 1.54) is 18.4 Å². The SMILES string of the molecule is CN=C(NCCCOCC1CC1)NC1CCN(Cc2ccccc2)C(C)C1.I. The second-order valence-corrected chi connectivity index (χ2v) is 8.04. The van der Waals surface area contributed by atoms with Gasteiger partial charge in [0.1, 0.15) is 0 Å². The molecular formula is C22H37IN4O. The summed E-state index contributed by atoms with van der Waals surface area (Å²) in [6.45, 7) is 7.21. The number of guanidine groups is 1. The largest absolute Gasteiger partial charge is 0.381 e. The Morgan fingerprint density at radius 2 is 2.00 bits per heavy atom. The van der Waals surface area contributed by atoms with Gasteiger partial charge in [0.05, 0.1) is 0 Å². The molecule has 5 nitrogen and oxygen atoms in total. The number of hydrogen-bond donors (Lipinski definition) is 2. The molecule has 3 rings (SSSR count). The van der Waals surface area contributed by atoms with E-state index in [-0.39, 0.29) is 24.0 Å². The van der Waals surface area contributed by atoms with E-state index in [2.05, 4.69) is 57.8 Å². The molecule has 2 aliphatic rings. The molecule has 2 atom stereocenters. The van der Waals surface area contributed by atoms with Gasteiger partial charge in [-0.15, -0.1) is 24.0 Å². The highest BCUT2D eigenvalue weighted by atomic mass is 127. The first-order valence-corrected chi connectivity index (χ1v) is 10.6. The van der Waals surface area contributed by atoms with Crippen molar-refractivity contribution in [3.63, 3.8) is 0 Å². The van der Waals surface area contributed by atoms with E-state index in [0.717, 1.165) is 64.0 Å². The van der Waals surface area contributed by atoms with E-state index in [9.17, 15) is 0 Å². The molecule has 1 heterocycles. The molecule has 6 heteroatoms. The van der Waals surface area contributed by atoms with E-state index in [4.69, 9.17) is 4.74 Å². The molecule has 0 aromatic heterocycles. The third-order valence-electron chi connectivity index (χ3n) is 5.62. The van der Waals surface area contributed by atoms with Gasteiger partial charge in [-0.2, -0.15) is 0 Å². The van der Waals surface area contributed by atoms with Crippen molar-refractivity contribution in [1.29, 1.82) is 0 Å². The van der Waals surface area contributed by atoms with Gasteiger partial charge in [-0.3, -0.25) is 9.89 Å². The van der Waals surface area contributed by atoms with E-state index in [1.807, 2.05) is 7.05 Å². The Morgan fingerprint density at radius 3 is 2.68 bits per heavy atom. The van der Waals surface area contributed by atoms with Crippen LogP contribution in [0.2, 0.25) is 0 Å². The maximum absolute atomic E-state index is 5.69. The van der Waals surface area contributed by atoms with Gasteiger partial charge in [0.2, 0.25) is 0 Å². The Morgan fingerprint density at radius 1 is 1.21 bits per heavy atom. The van der Waals surface area contributed by atoms with Crippen LogP contribution in [0, 0.1) is 5.92 Å². The molecule has 28 heavy (non-hydrogen) atoms. The number of hydrogen-bond acceptors (Lipinski definition) is 3. The lowest BCUT2D eigenvalue weighted by Crippen LogP contribution is -2.51. The normalized spacial score (nSPS) is 23.1. The molecule has 2 fully saturated rings. The van der Waals surface area contributed by atoms with Crippen LogP contribution in [0.1, 0.15) is 44.6 Å². The van der Waals surface area contributed by atoms with Crippen LogP contribution in [0.15, 0.2) is 35.3 Å². The predicted molar refractivity (Wildman–Crippen MR) is 127 cm³/mol. The van der Waals surface area contributed by atoms with E-state index in [0.29, 0.717) is 12.1 Å². The zero-order chi connectivity index (χ0) is 18.9. The Bertz CT molecular complexity index is 579. The van der Waals surface area contributed by atoms with E-state index < -0.39 is 0 Å². The minimum atomic E-state index is 0. The zero-order valence-electron chi connectivity index (χ0n) is 17.4. The van der Waals surface area contributed by atoms with Crippen molar-refractivity contribution in [2.75, 3.05) is 33.4 Å². The fourth-order valence-corrected chi connectivity index (χ4v) is 3.71. The molecule has 0 bridgehead atoms. The summed E-state index contributed by atoms with van der Waals surface area (Å²) in [5.41, 5.74) is 1.40. The van der Waals surface area contributed by atoms with Gasteiger partial charge in [-0.1, -0.05) is 30.3 Å². The molecular weight excluding hydrogens is 463 g/mol. The highest BCUT2D eigenvalue weighted by molar-refractivity contribution is 14.0. The van der Waals surface area contributed by atoms with Gasteiger partial charge in [-0.05, 0) is 50.5 Å². The summed E-state index contributed by atoms with van der Waals surface area (Å²) in [4.78, 5) is 6.97. The molecule has 158 valence electrons. The van der Waals surface area contributed by atoms with Crippen LogP contribution < -0.4 is 10.6 Å². The summed E-state index contributed by atoms with van der Waals surface area (Å²) in [6.07, 6.45) is 6.05. The lowest BCUT2D eigenvalue weighted by Gasteiger charge is -2.38. The first-order valence-electron chi connectivity index (χ1n) is 10.6. The molecule has 2 unspecified atom stereocenters. The lowest BCUT2D eigenvalue weighted by molar-refractivity contribution is 0.122. The number of nitrogens with one attached hydrogen (secondary N) is 2. The van der Waals surface area contributed by atoms with Crippen LogP contribution in [0.5, 0.6) is 0 Å². The van der Waals surface area contributed by atoms with Gasteiger partial charge in [0, 0.05) is 52.0 Å². The number of ether oxygens (including phenoxy) is 1. The van der Waals surface area contributed by atoms with Gasteiger partial charge < -0.3 is 15.4 Å². The van der Waals surface area contributed by atoms with Crippen LogP contribution in [-0.2, 0) is 11.3 Å². The second kappa shape index (κ2) is 12.6. The highest BCUT2D eigenvalue weighted by Gasteiger charge is 2.26. The first-order chi connectivity index (χ1) is 13.2. The van der Waals surface area contributed by atoms with Crippen LogP contribution >= 0.6 is 24.0 Å². The Kier molecular flexibility index (Phi) is 10.6. The summed E-state index contributed by atoms with van der Waals surface area (Å²) in [7, 11) is 1.85. The number of nitrogens with zero attached hydrogens (tertiary/aromatic N) is 2. The third kappa shape index (κ3) is 8.25. The summed E-state index contributed by atoms with van der Waals surface area (Å²) >= 11 is 0. The molecule has 2 N–H and O–H groups in total. The lowest BCUT2D eigenvalue weighted by atomic mass is 9.97. The Hall–Kier alpha value is -0.860. The highest BCUT2D eigenvalue weighted by Crippen LogP contribution is 2.28. The number of benzene rings is 1. The number of likely N-dealkylation sites (tertiary alicyclic amines) is 1. The summed E-state index contributed by atoms with van der Waals surface area (Å²) in [5.74, 6) is 1.77. The number of aliphatic imine (C=N–C) groups is 1. The predicted octanol–water partition coefficient (Wildman–Crippen LogP) is 3.64. The van der Waals surface area contributed by atoms with Crippen LogP contribution in [0.25, 0.3) is 0 Å². The van der Waals surface area contributed by atoms with Crippen molar-refractivity contribution in [2.45, 2.75) is 57.7 Å². The molecule has 1 aliphatic carbocycles. The van der Waals surface area contributed by atoms with Crippen LogP contribution in [-0.4, -0.2) is 56.3 Å². The quantitative estimate of drug-likeness (QED) is 0.235. The topological polar surface area (TPSA) is 48.9 Å². The van der Waals surface area contributed by atoms with Crippen molar-refractivity contribution in [3.8, 4) is 0 Å². The smallest absolute Gasteiger partial charge is 0.191 e. The molecule has 0 amide bonds. The minimum absolute atomic E-state index is 0. The standard InChI is InChI=1S/C22H36N4O.HI/c1-18-15-21(11-13-26(18)16-19-7-4-3-5-8-19)25-22(23-2)24-12-6-14-27-17-20-9-10-20;/h3-5,7-8,18,20-21H,6,9-17H2,1-2H3,(H2,23,24,25);1H. The van der Waals surface area contributed by atoms with E-state index in [1.54, 1.807) is 0 Å². The van der Waals surface area contributed by atoms with Gasteiger partial charge >= 0.3 is 0 Å². The average molecular weight is 500 g/mol. The fraction of sp³-hybridized carbons (Fsp3) is 0.682. The number of piperidine rings is 1. The van der Waals surface area contributed by atoms with Crippen molar-refractivity contribution < 1.29 is 4.74 Å². The van der Waals surface area contributed by atoms with Gasteiger partial charge in [0.15, 0.2) is 5.96 Å². The monoisotopic (exact) mass is 500 g/mol. The molecule has 1 saturated carbocycles. The number of rotatable bonds is 9. The number of halogens is 1. The molecule has 1 aromatic rings. The van der Waals surface area contributed by atoms with Gasteiger partial charge in [0.25, 0.3) is 0 Å².